The number of ether oxygens (including phenoxy) is 2. The van der Waals surface area contributed by atoms with Gasteiger partial charge < -0.3 is 20.5 Å². The molecule has 2 rings (SSSR count). The zero-order valence-electron chi connectivity index (χ0n) is 16.9. The molecule has 0 aromatic heterocycles. The van der Waals surface area contributed by atoms with Crippen molar-refractivity contribution in [3.8, 4) is 11.5 Å². The molecule has 3 N–H and O–H groups in total. The summed E-state index contributed by atoms with van der Waals surface area (Å²) in [4.78, 5) is 7.00. The smallest absolute Gasteiger partial charge is 0.188 e. The van der Waals surface area contributed by atoms with Gasteiger partial charge in [0.2, 0.25) is 0 Å². The third-order valence-electron chi connectivity index (χ3n) is 4.85. The van der Waals surface area contributed by atoms with Gasteiger partial charge in [-0.1, -0.05) is 13.0 Å². The van der Waals surface area contributed by atoms with Crippen LogP contribution >= 0.6 is 24.0 Å². The first-order valence-corrected chi connectivity index (χ1v) is 9.75. The maximum atomic E-state index is 6.00. The predicted molar refractivity (Wildman–Crippen MR) is 123 cm³/mol. The quantitative estimate of drug-likeness (QED) is 0.228. The molecule has 27 heavy (non-hydrogen) atoms. The summed E-state index contributed by atoms with van der Waals surface area (Å²) in [5.41, 5.74) is 7.24. The number of nitrogens with two attached hydrogens (primary N) is 1. The summed E-state index contributed by atoms with van der Waals surface area (Å²) in [6, 6.07) is 6.65. The predicted octanol–water partition coefficient (Wildman–Crippen LogP) is 3.03. The largest absolute Gasteiger partial charge is 0.493 e. The van der Waals surface area contributed by atoms with Gasteiger partial charge in [0.25, 0.3) is 0 Å². The third kappa shape index (κ3) is 7.73. The molecule has 7 heteroatoms. The molecular weight excluding hydrogens is 455 g/mol. The number of hydrogen-bond acceptors (Lipinski definition) is 4. The molecule has 1 atom stereocenters. The van der Waals surface area contributed by atoms with Gasteiger partial charge in [-0.05, 0) is 63.4 Å². The Morgan fingerprint density at radius 1 is 1.33 bits per heavy atom. The molecule has 0 amide bonds. The van der Waals surface area contributed by atoms with Crippen LogP contribution in [0, 0.1) is 0 Å². The van der Waals surface area contributed by atoms with Crippen molar-refractivity contribution in [2.45, 2.75) is 45.6 Å². The molecule has 0 radical (unpaired) electrons. The van der Waals surface area contributed by atoms with E-state index in [4.69, 9.17) is 15.2 Å². The Morgan fingerprint density at radius 3 is 2.85 bits per heavy atom. The SMILES string of the molecule is CCOc1cc(CCCNC(N)=NCC2CCCN2CC)ccc1OC.I. The highest BCUT2D eigenvalue weighted by molar-refractivity contribution is 14.0. The lowest BCUT2D eigenvalue weighted by molar-refractivity contribution is 0.273. The summed E-state index contributed by atoms with van der Waals surface area (Å²) in [7, 11) is 1.66. The second kappa shape index (κ2) is 13.0. The number of rotatable bonds is 10. The molecular formula is C20H35IN4O2. The van der Waals surface area contributed by atoms with Crippen LogP contribution in [0.15, 0.2) is 23.2 Å². The van der Waals surface area contributed by atoms with E-state index in [-0.39, 0.29) is 24.0 Å². The van der Waals surface area contributed by atoms with Crippen molar-refractivity contribution in [2.75, 3.05) is 39.9 Å². The molecule has 0 bridgehead atoms. The number of guanidine groups is 1. The third-order valence-corrected chi connectivity index (χ3v) is 4.85. The Balaban J connectivity index is 0.00000364. The number of hydrogen-bond donors (Lipinski definition) is 2. The number of nitrogens with one attached hydrogen (secondary N) is 1. The van der Waals surface area contributed by atoms with Gasteiger partial charge in [-0.3, -0.25) is 9.89 Å². The Labute approximate surface area is 180 Å². The first-order chi connectivity index (χ1) is 12.7. The molecule has 154 valence electrons. The van der Waals surface area contributed by atoms with Gasteiger partial charge in [0.1, 0.15) is 0 Å². The molecule has 1 aliphatic heterocycles. The molecule has 0 spiro atoms. The summed E-state index contributed by atoms with van der Waals surface area (Å²) >= 11 is 0. The minimum Gasteiger partial charge on any atom is -0.493 e. The van der Waals surface area contributed by atoms with Crippen LogP contribution in [0.5, 0.6) is 11.5 Å². The Bertz CT molecular complexity index is 583. The minimum absolute atomic E-state index is 0. The van der Waals surface area contributed by atoms with E-state index >= 15 is 0 Å². The van der Waals surface area contributed by atoms with E-state index < -0.39 is 0 Å². The normalized spacial score (nSPS) is 17.4. The highest BCUT2D eigenvalue weighted by Crippen LogP contribution is 2.28. The highest BCUT2D eigenvalue weighted by atomic mass is 127. The van der Waals surface area contributed by atoms with Crippen LogP contribution in [0.4, 0.5) is 0 Å². The van der Waals surface area contributed by atoms with Crippen LogP contribution < -0.4 is 20.5 Å². The van der Waals surface area contributed by atoms with Crippen molar-refractivity contribution in [1.29, 1.82) is 0 Å². The van der Waals surface area contributed by atoms with Gasteiger partial charge in [0, 0.05) is 12.6 Å². The molecule has 0 saturated carbocycles. The average Bonchev–Trinajstić information content (AvgIpc) is 3.11. The zero-order chi connectivity index (χ0) is 18.8. The standard InChI is InChI=1S/C20H34N4O2.HI/c1-4-24-13-7-9-17(24)15-23-20(21)22-12-6-8-16-10-11-18(25-3)19(14-16)26-5-2;/h10-11,14,17H,4-9,12-13,15H2,1-3H3,(H3,21,22,23);1H. The molecule has 1 fully saturated rings. The maximum absolute atomic E-state index is 6.00. The van der Waals surface area contributed by atoms with Crippen LogP contribution in [0.3, 0.4) is 0 Å². The fourth-order valence-corrected chi connectivity index (χ4v) is 3.43. The van der Waals surface area contributed by atoms with Crippen molar-refractivity contribution in [1.82, 2.24) is 10.2 Å². The number of aliphatic imine (C=N–C) groups is 1. The fourth-order valence-electron chi connectivity index (χ4n) is 3.43. The fraction of sp³-hybridized carbons (Fsp3) is 0.650. The minimum atomic E-state index is 0. The summed E-state index contributed by atoms with van der Waals surface area (Å²) in [5, 5.41) is 3.23. The average molecular weight is 490 g/mol. The van der Waals surface area contributed by atoms with Gasteiger partial charge in [-0.2, -0.15) is 0 Å². The summed E-state index contributed by atoms with van der Waals surface area (Å²) in [6.07, 6.45) is 4.44. The van der Waals surface area contributed by atoms with Crippen molar-refractivity contribution >= 4 is 29.9 Å². The number of halogens is 1. The van der Waals surface area contributed by atoms with Gasteiger partial charge in [0.15, 0.2) is 17.5 Å². The van der Waals surface area contributed by atoms with Crippen LogP contribution in [0.25, 0.3) is 0 Å². The lowest BCUT2D eigenvalue weighted by Gasteiger charge is -2.20. The Hall–Kier alpha value is -1.22. The van der Waals surface area contributed by atoms with Crippen LogP contribution in [0.2, 0.25) is 0 Å². The number of likely N-dealkylation sites (tertiary alicyclic amines) is 1. The topological polar surface area (TPSA) is 72.1 Å². The van der Waals surface area contributed by atoms with Gasteiger partial charge in [-0.15, -0.1) is 24.0 Å². The van der Waals surface area contributed by atoms with Gasteiger partial charge in [0.05, 0.1) is 20.3 Å². The first-order valence-electron chi connectivity index (χ1n) is 9.75. The first kappa shape index (κ1) is 23.8. The lowest BCUT2D eigenvalue weighted by atomic mass is 10.1. The second-order valence-electron chi connectivity index (χ2n) is 6.60. The zero-order valence-corrected chi connectivity index (χ0v) is 19.2. The number of likely N-dealkylation sites (N-methyl/N-ethyl adjacent to an activating group) is 1. The molecule has 1 aromatic carbocycles. The van der Waals surface area contributed by atoms with Crippen LogP contribution in [0.1, 0.15) is 38.7 Å². The van der Waals surface area contributed by atoms with Crippen molar-refractivity contribution in [3.05, 3.63) is 23.8 Å². The van der Waals surface area contributed by atoms with Crippen LogP contribution in [-0.2, 0) is 6.42 Å². The van der Waals surface area contributed by atoms with E-state index in [0.717, 1.165) is 44.0 Å². The van der Waals surface area contributed by atoms with Crippen molar-refractivity contribution < 1.29 is 9.47 Å². The van der Waals surface area contributed by atoms with E-state index in [9.17, 15) is 0 Å². The van der Waals surface area contributed by atoms with Crippen molar-refractivity contribution in [2.24, 2.45) is 10.7 Å². The van der Waals surface area contributed by atoms with Gasteiger partial charge in [-0.25, -0.2) is 0 Å². The maximum Gasteiger partial charge on any atom is 0.188 e. The summed E-state index contributed by atoms with van der Waals surface area (Å²) in [5.74, 6) is 2.13. The van der Waals surface area contributed by atoms with E-state index in [1.807, 2.05) is 13.0 Å². The number of aryl methyl sites for hydroxylation is 1. The molecule has 1 unspecified atom stereocenters. The van der Waals surface area contributed by atoms with Crippen molar-refractivity contribution in [3.63, 3.8) is 0 Å². The highest BCUT2D eigenvalue weighted by Gasteiger charge is 2.22. The number of methoxy groups -OCH3 is 1. The van der Waals surface area contributed by atoms with Gasteiger partial charge >= 0.3 is 0 Å². The van der Waals surface area contributed by atoms with E-state index in [1.165, 1.54) is 24.9 Å². The number of nitrogens with zero attached hydrogens (tertiary/aromatic N) is 2. The lowest BCUT2D eigenvalue weighted by Crippen LogP contribution is -2.36. The molecule has 1 heterocycles. The second-order valence-corrected chi connectivity index (χ2v) is 6.60. The molecule has 1 aliphatic rings. The van der Waals surface area contributed by atoms with E-state index in [1.54, 1.807) is 7.11 Å². The summed E-state index contributed by atoms with van der Waals surface area (Å²) in [6.45, 7) is 8.71. The van der Waals surface area contributed by atoms with E-state index in [2.05, 4.69) is 34.3 Å². The number of benzene rings is 1. The van der Waals surface area contributed by atoms with E-state index in [0.29, 0.717) is 18.6 Å². The molecule has 6 nitrogen and oxygen atoms in total. The Morgan fingerprint density at radius 2 is 2.15 bits per heavy atom. The summed E-state index contributed by atoms with van der Waals surface area (Å²) < 4.78 is 10.9. The molecule has 1 aromatic rings. The monoisotopic (exact) mass is 490 g/mol. The molecule has 1 saturated heterocycles. The molecule has 0 aliphatic carbocycles. The Kier molecular flexibility index (Phi) is 11.5. The van der Waals surface area contributed by atoms with Crippen LogP contribution in [-0.4, -0.2) is 56.8 Å².